The Balaban J connectivity index is 1.88. The number of carbonyl (C=O) groups excluding carboxylic acids is 1. The molecule has 4 aromatic rings. The molecule has 31 heavy (non-hydrogen) atoms. The van der Waals surface area contributed by atoms with Crippen LogP contribution in [0, 0.1) is 20.8 Å². The molecule has 0 bridgehead atoms. The summed E-state index contributed by atoms with van der Waals surface area (Å²) in [5.74, 6) is -0.459. The lowest BCUT2D eigenvalue weighted by Gasteiger charge is -2.15. The first-order valence-electron chi connectivity index (χ1n) is 9.91. The first-order chi connectivity index (χ1) is 14.8. The molecule has 0 radical (unpaired) electrons. The van der Waals surface area contributed by atoms with Gasteiger partial charge in [-0.25, -0.2) is 18.9 Å². The fraction of sp³-hybridized carbons (Fsp3) is 0.167. The van der Waals surface area contributed by atoms with Crippen molar-refractivity contribution in [3.05, 3.63) is 98.3 Å². The van der Waals surface area contributed by atoms with Gasteiger partial charge in [-0.2, -0.15) is 0 Å². The molecular weight excluding hydrogens is 392 g/mol. The number of pyridine rings is 1. The van der Waals surface area contributed by atoms with E-state index < -0.39 is 23.7 Å². The standard InChI is InChI=1S/C24H22N4O3/c1-15-9-11-18(12-10-15)26-20(29)14-27-23(30)21-16(2)13-17(3)25-22(21)28(24(27)31)19-7-5-4-6-8-19/h4-13H,14H2,1-3H3,(H,26,29). The third-order valence-electron chi connectivity index (χ3n) is 5.07. The molecule has 0 aliphatic carbocycles. The van der Waals surface area contributed by atoms with E-state index in [2.05, 4.69) is 10.3 Å². The number of hydrogen-bond donors (Lipinski definition) is 1. The first-order valence-corrected chi connectivity index (χ1v) is 9.91. The van der Waals surface area contributed by atoms with E-state index in [1.807, 2.05) is 32.0 Å². The lowest BCUT2D eigenvalue weighted by Crippen LogP contribution is -2.42. The Labute approximate surface area is 178 Å². The number of aryl methyl sites for hydroxylation is 3. The van der Waals surface area contributed by atoms with Crippen LogP contribution in [0.4, 0.5) is 5.69 Å². The summed E-state index contributed by atoms with van der Waals surface area (Å²) in [6, 6.07) is 18.1. The average Bonchev–Trinajstić information content (AvgIpc) is 2.73. The van der Waals surface area contributed by atoms with Crippen molar-refractivity contribution in [2.45, 2.75) is 27.3 Å². The number of hydrogen-bond acceptors (Lipinski definition) is 4. The molecule has 2 aromatic heterocycles. The zero-order chi connectivity index (χ0) is 22.1. The Hall–Kier alpha value is -4.00. The van der Waals surface area contributed by atoms with Crippen LogP contribution in [0.3, 0.4) is 0 Å². The summed E-state index contributed by atoms with van der Waals surface area (Å²) in [4.78, 5) is 43.7. The average molecular weight is 414 g/mol. The van der Waals surface area contributed by atoms with Crippen LogP contribution < -0.4 is 16.6 Å². The molecule has 7 heteroatoms. The maximum absolute atomic E-state index is 13.4. The number of anilines is 1. The van der Waals surface area contributed by atoms with Gasteiger partial charge in [-0.15, -0.1) is 0 Å². The number of nitrogens with zero attached hydrogens (tertiary/aromatic N) is 3. The zero-order valence-electron chi connectivity index (χ0n) is 17.5. The Morgan fingerprint density at radius 2 is 1.65 bits per heavy atom. The number of carbonyl (C=O) groups is 1. The summed E-state index contributed by atoms with van der Waals surface area (Å²) in [5, 5.41) is 3.06. The van der Waals surface area contributed by atoms with Gasteiger partial charge in [-0.05, 0) is 56.7 Å². The number of amides is 1. The van der Waals surface area contributed by atoms with E-state index in [-0.39, 0.29) is 5.65 Å². The maximum atomic E-state index is 13.4. The number of benzene rings is 2. The van der Waals surface area contributed by atoms with Crippen LogP contribution in [0.15, 0.2) is 70.3 Å². The molecule has 7 nitrogen and oxygen atoms in total. The zero-order valence-corrected chi connectivity index (χ0v) is 17.5. The van der Waals surface area contributed by atoms with E-state index in [1.165, 1.54) is 4.57 Å². The molecule has 1 amide bonds. The Morgan fingerprint density at radius 1 is 0.968 bits per heavy atom. The predicted molar refractivity (Wildman–Crippen MR) is 121 cm³/mol. The van der Waals surface area contributed by atoms with E-state index in [1.54, 1.807) is 49.4 Å². The highest BCUT2D eigenvalue weighted by Gasteiger charge is 2.19. The normalized spacial score (nSPS) is 10.9. The summed E-state index contributed by atoms with van der Waals surface area (Å²) >= 11 is 0. The van der Waals surface area contributed by atoms with E-state index >= 15 is 0 Å². The van der Waals surface area contributed by atoms with Gasteiger partial charge in [-0.3, -0.25) is 9.59 Å². The van der Waals surface area contributed by atoms with Gasteiger partial charge >= 0.3 is 5.69 Å². The maximum Gasteiger partial charge on any atom is 0.337 e. The smallest absolute Gasteiger partial charge is 0.325 e. The SMILES string of the molecule is Cc1ccc(NC(=O)Cn2c(=O)c3c(C)cc(C)nc3n(-c3ccccc3)c2=O)cc1. The minimum Gasteiger partial charge on any atom is -0.325 e. The second-order valence-corrected chi connectivity index (χ2v) is 7.54. The van der Waals surface area contributed by atoms with Gasteiger partial charge in [0.15, 0.2) is 5.65 Å². The van der Waals surface area contributed by atoms with Crippen LogP contribution in [0.5, 0.6) is 0 Å². The third-order valence-corrected chi connectivity index (χ3v) is 5.07. The van der Waals surface area contributed by atoms with Crippen LogP contribution in [-0.2, 0) is 11.3 Å². The molecule has 0 aliphatic rings. The molecule has 1 N–H and O–H groups in total. The molecule has 4 rings (SSSR count). The van der Waals surface area contributed by atoms with Crippen LogP contribution in [0.1, 0.15) is 16.8 Å². The molecule has 0 atom stereocenters. The Kier molecular flexibility index (Phi) is 5.25. The Bertz CT molecular complexity index is 1400. The number of nitrogens with one attached hydrogen (secondary N) is 1. The molecule has 0 spiro atoms. The minimum absolute atomic E-state index is 0.286. The third kappa shape index (κ3) is 3.90. The number of fused-ring (bicyclic) bond motifs is 1. The van der Waals surface area contributed by atoms with E-state index in [9.17, 15) is 14.4 Å². The predicted octanol–water partition coefficient (Wildman–Crippen LogP) is 3.11. The van der Waals surface area contributed by atoms with Crippen molar-refractivity contribution < 1.29 is 4.79 Å². The van der Waals surface area contributed by atoms with Crippen molar-refractivity contribution in [1.29, 1.82) is 0 Å². The first kappa shape index (κ1) is 20.3. The van der Waals surface area contributed by atoms with Gasteiger partial charge in [0.1, 0.15) is 6.54 Å². The van der Waals surface area contributed by atoms with Crippen molar-refractivity contribution in [3.8, 4) is 5.69 Å². The largest absolute Gasteiger partial charge is 0.337 e. The molecule has 0 unspecified atom stereocenters. The van der Waals surface area contributed by atoms with Crippen LogP contribution in [0.2, 0.25) is 0 Å². The van der Waals surface area contributed by atoms with Crippen molar-refractivity contribution in [2.24, 2.45) is 0 Å². The van der Waals surface area contributed by atoms with Crippen molar-refractivity contribution >= 4 is 22.6 Å². The van der Waals surface area contributed by atoms with Gasteiger partial charge in [0.25, 0.3) is 5.56 Å². The Morgan fingerprint density at radius 3 is 2.32 bits per heavy atom. The summed E-state index contributed by atoms with van der Waals surface area (Å²) in [7, 11) is 0. The van der Waals surface area contributed by atoms with Gasteiger partial charge in [0.05, 0.1) is 11.1 Å². The number of aromatic nitrogens is 3. The quantitative estimate of drug-likeness (QED) is 0.556. The van der Waals surface area contributed by atoms with Crippen molar-refractivity contribution in [1.82, 2.24) is 14.1 Å². The van der Waals surface area contributed by atoms with Crippen molar-refractivity contribution in [2.75, 3.05) is 5.32 Å². The molecule has 0 saturated carbocycles. The van der Waals surface area contributed by atoms with Crippen LogP contribution in [0.25, 0.3) is 16.7 Å². The molecule has 0 saturated heterocycles. The van der Waals surface area contributed by atoms with E-state index in [0.717, 1.165) is 10.1 Å². The fourth-order valence-corrected chi connectivity index (χ4v) is 3.61. The van der Waals surface area contributed by atoms with Gasteiger partial charge in [0.2, 0.25) is 5.91 Å². The van der Waals surface area contributed by atoms with Gasteiger partial charge in [-0.1, -0.05) is 35.9 Å². The van der Waals surface area contributed by atoms with Gasteiger partial charge < -0.3 is 5.32 Å². The monoisotopic (exact) mass is 414 g/mol. The summed E-state index contributed by atoms with van der Waals surface area (Å²) in [6.45, 7) is 5.16. The second kappa shape index (κ2) is 8.02. The van der Waals surface area contributed by atoms with Crippen molar-refractivity contribution in [3.63, 3.8) is 0 Å². The van der Waals surface area contributed by atoms with E-state index in [0.29, 0.717) is 28.0 Å². The highest BCUT2D eigenvalue weighted by molar-refractivity contribution is 5.90. The lowest BCUT2D eigenvalue weighted by atomic mass is 10.1. The molecule has 0 fully saturated rings. The molecular formula is C24H22N4O3. The topological polar surface area (TPSA) is 86.0 Å². The molecule has 156 valence electrons. The fourth-order valence-electron chi connectivity index (χ4n) is 3.61. The summed E-state index contributed by atoms with van der Waals surface area (Å²) in [6.07, 6.45) is 0. The molecule has 0 aliphatic heterocycles. The second-order valence-electron chi connectivity index (χ2n) is 7.54. The highest BCUT2D eigenvalue weighted by atomic mass is 16.2. The molecule has 2 aromatic carbocycles. The summed E-state index contributed by atoms with van der Waals surface area (Å²) < 4.78 is 2.35. The number of para-hydroxylation sites is 1. The van der Waals surface area contributed by atoms with Crippen LogP contribution in [-0.4, -0.2) is 20.0 Å². The molecule has 2 heterocycles. The highest BCUT2D eigenvalue weighted by Crippen LogP contribution is 2.16. The number of rotatable bonds is 4. The minimum atomic E-state index is -0.611. The van der Waals surface area contributed by atoms with E-state index in [4.69, 9.17) is 0 Å². The van der Waals surface area contributed by atoms with Crippen LogP contribution >= 0.6 is 0 Å². The lowest BCUT2D eigenvalue weighted by molar-refractivity contribution is -0.116. The summed E-state index contributed by atoms with van der Waals surface area (Å²) in [5.41, 5.74) is 2.77. The van der Waals surface area contributed by atoms with Gasteiger partial charge in [0, 0.05) is 11.4 Å².